The zero-order chi connectivity index (χ0) is 40.3. The molecular formula is C20H22F23N2O3S+. The molecule has 0 unspecified atom stereocenters. The number of nitrogens with zero attached hydrogens (tertiary/aromatic N) is 2. The van der Waals surface area contributed by atoms with Crippen molar-refractivity contribution >= 4 is 10.0 Å². The standard InChI is InChI=1S/C20H22F23N2O3S/c1-5-9-44(17(36,37)18(38,39)48-20(42,43)45(6-2,7-3)8-4)49(46,47)19(40,41)15(31,32)13(27,28)11(23,24)10(21,22)12(25,26)14(29,30)16(33,34)35/h5-9H2,1-4H3/q+1. The SMILES string of the molecule is CCCN(C(F)(F)C(F)(F)OC(F)(F)[N+](CC)(CC)CC)S(=O)(=O)C(F)(F)C(F)(F)C(F)(F)C(F)(F)C(F)(F)C(F)(F)C(F)(F)C(F)(F)F. The predicted octanol–water partition coefficient (Wildman–Crippen LogP) is 8.62. The molecule has 0 amide bonds. The molecule has 0 rings (SSSR count). The molecule has 0 aromatic heterocycles. The predicted molar refractivity (Wildman–Crippen MR) is 114 cm³/mol. The van der Waals surface area contributed by atoms with Gasteiger partial charge in [-0.3, -0.25) is 0 Å². The summed E-state index contributed by atoms with van der Waals surface area (Å²) in [4.78, 5) is 0. The molecule has 29 heteroatoms. The van der Waals surface area contributed by atoms with Crippen molar-refractivity contribution in [2.45, 2.75) is 99.5 Å². The molecule has 0 atom stereocenters. The molecule has 0 spiro atoms. The second kappa shape index (κ2) is 13.0. The second-order valence-electron chi connectivity index (χ2n) is 9.78. The Morgan fingerprint density at radius 1 is 0.510 bits per heavy atom. The average Bonchev–Trinajstić information content (AvgIpc) is 2.90. The maximum absolute atomic E-state index is 14.8. The molecule has 296 valence electrons. The Kier molecular flexibility index (Phi) is 12.5. The van der Waals surface area contributed by atoms with Crippen LogP contribution in [-0.2, 0) is 14.8 Å². The van der Waals surface area contributed by atoms with Crippen LogP contribution < -0.4 is 0 Å². The first kappa shape index (κ1) is 47.2. The van der Waals surface area contributed by atoms with Gasteiger partial charge in [-0.2, -0.15) is 96.9 Å². The van der Waals surface area contributed by atoms with Gasteiger partial charge in [0.05, 0.1) is 19.6 Å². The molecule has 0 N–H and O–H groups in total. The van der Waals surface area contributed by atoms with Crippen molar-refractivity contribution in [2.75, 3.05) is 26.2 Å². The van der Waals surface area contributed by atoms with Crippen LogP contribution >= 0.6 is 0 Å². The lowest BCUT2D eigenvalue weighted by Gasteiger charge is -2.44. The maximum atomic E-state index is 14.8. The van der Waals surface area contributed by atoms with Gasteiger partial charge in [-0.15, -0.1) is 13.1 Å². The van der Waals surface area contributed by atoms with E-state index in [-0.39, 0.29) is 0 Å². The van der Waals surface area contributed by atoms with Gasteiger partial charge in [0.1, 0.15) is 0 Å². The van der Waals surface area contributed by atoms with E-state index in [0.29, 0.717) is 6.92 Å². The lowest BCUT2D eigenvalue weighted by Crippen LogP contribution is -2.76. The Morgan fingerprint density at radius 2 is 0.816 bits per heavy atom. The van der Waals surface area contributed by atoms with E-state index < -0.39 is 117 Å². The van der Waals surface area contributed by atoms with Crippen molar-refractivity contribution in [3.63, 3.8) is 0 Å². The zero-order valence-corrected chi connectivity index (χ0v) is 25.1. The molecule has 0 aliphatic rings. The molecule has 0 bridgehead atoms. The molecule has 0 heterocycles. The van der Waals surface area contributed by atoms with Crippen molar-refractivity contribution < 1.29 is 119 Å². The summed E-state index contributed by atoms with van der Waals surface area (Å²) in [6, 6.07) is -7.39. The molecule has 0 aliphatic carbocycles. The quantitative estimate of drug-likeness (QED) is 0.0604. The number of ether oxygens (including phenoxy) is 1. The summed E-state index contributed by atoms with van der Waals surface area (Å²) in [6.45, 7) is -3.01. The van der Waals surface area contributed by atoms with E-state index in [4.69, 9.17) is 0 Å². The lowest BCUT2D eigenvalue weighted by molar-refractivity contribution is -1.04. The van der Waals surface area contributed by atoms with Crippen LogP contribution in [0.1, 0.15) is 34.1 Å². The van der Waals surface area contributed by atoms with Crippen LogP contribution in [0.5, 0.6) is 0 Å². The Morgan fingerprint density at radius 3 is 1.10 bits per heavy atom. The third kappa shape index (κ3) is 6.47. The number of hydrogen-bond acceptors (Lipinski definition) is 3. The van der Waals surface area contributed by atoms with Gasteiger partial charge >= 0.3 is 65.4 Å². The molecule has 0 aromatic carbocycles. The number of sulfonamides is 1. The van der Waals surface area contributed by atoms with Crippen molar-refractivity contribution in [1.29, 1.82) is 0 Å². The fraction of sp³-hybridized carbons (Fsp3) is 1.00. The van der Waals surface area contributed by atoms with Gasteiger partial charge in [-0.1, -0.05) is 6.92 Å². The van der Waals surface area contributed by atoms with Crippen molar-refractivity contribution in [2.24, 2.45) is 0 Å². The first-order chi connectivity index (χ1) is 21.1. The van der Waals surface area contributed by atoms with Crippen LogP contribution in [0, 0.1) is 0 Å². The van der Waals surface area contributed by atoms with Crippen LogP contribution in [0.15, 0.2) is 0 Å². The van der Waals surface area contributed by atoms with E-state index in [1.54, 1.807) is 0 Å². The summed E-state index contributed by atoms with van der Waals surface area (Å²) < 4.78 is 340. The molecule has 0 aliphatic heterocycles. The summed E-state index contributed by atoms with van der Waals surface area (Å²) in [5, 5.41) is -8.67. The number of rotatable bonds is 18. The Hall–Kier alpha value is -1.78. The molecule has 0 fully saturated rings. The summed E-state index contributed by atoms with van der Waals surface area (Å²) >= 11 is 0. The van der Waals surface area contributed by atoms with Gasteiger partial charge in [0.2, 0.25) is 0 Å². The van der Waals surface area contributed by atoms with Gasteiger partial charge < -0.3 is 0 Å². The van der Waals surface area contributed by atoms with E-state index in [2.05, 4.69) is 4.74 Å². The molecule has 5 nitrogen and oxygen atoms in total. The number of quaternary nitrogens is 1. The summed E-state index contributed by atoms with van der Waals surface area (Å²) in [7, 11) is -9.03. The summed E-state index contributed by atoms with van der Waals surface area (Å²) in [6.07, 6.45) is -22.5. The van der Waals surface area contributed by atoms with E-state index in [9.17, 15) is 109 Å². The Balaban J connectivity index is 7.52. The van der Waals surface area contributed by atoms with Crippen molar-refractivity contribution in [3.8, 4) is 0 Å². The van der Waals surface area contributed by atoms with Crippen molar-refractivity contribution in [1.82, 2.24) is 4.31 Å². The maximum Gasteiger partial charge on any atom is 0.528 e. The highest BCUT2D eigenvalue weighted by Gasteiger charge is 2.96. The van der Waals surface area contributed by atoms with Gasteiger partial charge in [0.15, 0.2) is 0 Å². The van der Waals surface area contributed by atoms with Gasteiger partial charge in [0.25, 0.3) is 10.0 Å². The molecule has 0 aromatic rings. The van der Waals surface area contributed by atoms with E-state index in [1.165, 1.54) is 0 Å². The fourth-order valence-electron chi connectivity index (χ4n) is 3.75. The van der Waals surface area contributed by atoms with Crippen LogP contribution in [0.3, 0.4) is 0 Å². The van der Waals surface area contributed by atoms with Gasteiger partial charge in [0, 0.05) is 6.54 Å². The number of hydrogen-bond donors (Lipinski definition) is 0. The van der Waals surface area contributed by atoms with Crippen LogP contribution in [0.25, 0.3) is 0 Å². The largest absolute Gasteiger partial charge is 0.528 e. The van der Waals surface area contributed by atoms with Crippen LogP contribution in [0.2, 0.25) is 0 Å². The van der Waals surface area contributed by atoms with E-state index in [0.717, 1.165) is 20.8 Å². The molecule has 0 radical (unpaired) electrons. The Labute approximate surface area is 259 Å². The van der Waals surface area contributed by atoms with Gasteiger partial charge in [-0.25, -0.2) is 12.9 Å². The molecule has 49 heavy (non-hydrogen) atoms. The van der Waals surface area contributed by atoms with Gasteiger partial charge in [-0.05, 0) is 27.2 Å². The normalized spacial score (nSPS) is 16.5. The van der Waals surface area contributed by atoms with E-state index in [1.807, 2.05) is 0 Å². The highest BCUT2D eigenvalue weighted by molar-refractivity contribution is 7.90. The highest BCUT2D eigenvalue weighted by Crippen LogP contribution is 2.65. The number of halogens is 23. The summed E-state index contributed by atoms with van der Waals surface area (Å²) in [5.41, 5.74) is 0. The van der Waals surface area contributed by atoms with Crippen LogP contribution in [-0.4, -0.2) is 109 Å². The highest BCUT2D eigenvalue weighted by atomic mass is 32.2. The Bertz CT molecular complexity index is 1250. The monoisotopic (exact) mass is 807 g/mol. The second-order valence-corrected chi connectivity index (χ2v) is 11.7. The minimum Gasteiger partial charge on any atom is -0.236 e. The first-order valence-corrected chi connectivity index (χ1v) is 14.0. The van der Waals surface area contributed by atoms with Crippen molar-refractivity contribution in [3.05, 3.63) is 0 Å². The van der Waals surface area contributed by atoms with E-state index >= 15 is 0 Å². The zero-order valence-electron chi connectivity index (χ0n) is 24.3. The molecular weight excluding hydrogens is 785 g/mol. The third-order valence-electron chi connectivity index (χ3n) is 7.02. The molecule has 0 saturated carbocycles. The summed E-state index contributed by atoms with van der Waals surface area (Å²) in [5.74, 6) is -54.6. The smallest absolute Gasteiger partial charge is 0.236 e. The minimum absolute atomic E-state index is 0.307. The minimum atomic E-state index is -9.34. The molecule has 0 saturated heterocycles. The fourth-order valence-corrected chi connectivity index (χ4v) is 5.31. The lowest BCUT2D eigenvalue weighted by atomic mass is 9.91. The topological polar surface area (TPSA) is 46.6 Å². The first-order valence-electron chi connectivity index (χ1n) is 12.5. The van der Waals surface area contributed by atoms with Crippen LogP contribution in [0.4, 0.5) is 101 Å². The average molecular weight is 807 g/mol. The third-order valence-corrected chi connectivity index (χ3v) is 8.91. The number of alkyl halides is 23.